The van der Waals surface area contributed by atoms with Crippen molar-refractivity contribution in [2.24, 2.45) is 36.1 Å². The third-order valence-electron chi connectivity index (χ3n) is 12.4. The monoisotopic (exact) mass is 845 g/mol. The number of aryl methyl sites for hydroxylation is 2. The van der Waals surface area contributed by atoms with Crippen molar-refractivity contribution in [2.75, 3.05) is 9.80 Å². The number of carbonyl (C=O) groups is 4. The molecule has 6 atom stereocenters. The average molecular weight is 846 g/mol. The van der Waals surface area contributed by atoms with Crippen molar-refractivity contribution in [3.63, 3.8) is 0 Å². The van der Waals surface area contributed by atoms with E-state index in [0.29, 0.717) is 16.3 Å². The van der Waals surface area contributed by atoms with E-state index >= 15 is 4.79 Å². The van der Waals surface area contributed by atoms with Crippen LogP contribution in [0.5, 0.6) is 11.5 Å². The van der Waals surface area contributed by atoms with Gasteiger partial charge in [0, 0.05) is 46.5 Å². The number of amides is 4. The van der Waals surface area contributed by atoms with Crippen LogP contribution in [0, 0.1) is 46.1 Å². The molecule has 0 spiro atoms. The molecule has 4 aliphatic rings. The molecule has 0 bridgehead atoms. The second-order valence-corrected chi connectivity index (χ2v) is 16.9. The second-order valence-electron chi connectivity index (χ2n) is 15.4. The van der Waals surface area contributed by atoms with E-state index in [-0.39, 0.29) is 35.6 Å². The number of halogens is 4. The Balaban J connectivity index is 1.16. The summed E-state index contributed by atoms with van der Waals surface area (Å²) < 4.78 is 47.2. The van der Waals surface area contributed by atoms with Crippen LogP contribution < -0.4 is 14.5 Å². The lowest BCUT2D eigenvalue weighted by Crippen LogP contribution is -2.49. The minimum Gasteiger partial charge on any atom is -0.508 e. The number of alkyl halides is 3. The van der Waals surface area contributed by atoms with Crippen LogP contribution in [0.25, 0.3) is 20.7 Å². The lowest BCUT2D eigenvalue weighted by molar-refractivity contribution is -0.384. The minimum atomic E-state index is -5.10. The van der Waals surface area contributed by atoms with Crippen LogP contribution in [-0.2, 0) is 26.2 Å². The summed E-state index contributed by atoms with van der Waals surface area (Å²) in [5.74, 6) is -8.86. The number of nitro benzene ring substituents is 1. The fourth-order valence-electron chi connectivity index (χ4n) is 9.73. The Morgan fingerprint density at radius 1 is 0.983 bits per heavy atom. The quantitative estimate of drug-likeness (QED) is 0.0768. The van der Waals surface area contributed by atoms with Gasteiger partial charge in [-0.05, 0) is 92.1 Å². The van der Waals surface area contributed by atoms with E-state index in [0.717, 1.165) is 48.5 Å². The standard InChI is InChI=1S/C41H31ClF3N5O8S/c1-18-25-14-19(42)4-13-31(25)59-35(18)29-17-32(47(3)46-29)49-37(53)28-16-26-23(34(40(28,2)39(49)55)27-15-22(9-12-30(27)51)58-41(43,44)45)10-11-24-33(26)38(54)48(36(24)52)20-5-7-21(8-6-20)50(56)57/h4-10,12-15,17,24,26,28,33-34,51H,11,16H2,1-3H3/t24-,26+,28-,33-,34+,40+/m0/s1. The predicted molar refractivity (Wildman–Crippen MR) is 209 cm³/mol. The molecule has 5 aromatic rings. The molecule has 2 aliphatic carbocycles. The topological polar surface area (TPSA) is 165 Å². The molecule has 4 heterocycles. The first-order chi connectivity index (χ1) is 27.9. The van der Waals surface area contributed by atoms with Gasteiger partial charge in [0.15, 0.2) is 0 Å². The molecule has 4 amide bonds. The van der Waals surface area contributed by atoms with Crippen molar-refractivity contribution in [3.05, 3.63) is 105 Å². The summed E-state index contributed by atoms with van der Waals surface area (Å²) in [6.07, 6.45) is -3.51. The number of imide groups is 2. The Morgan fingerprint density at radius 3 is 2.41 bits per heavy atom. The molecule has 2 aromatic heterocycles. The Kier molecular flexibility index (Phi) is 8.62. The summed E-state index contributed by atoms with van der Waals surface area (Å²) >= 11 is 7.73. The fourth-order valence-corrected chi connectivity index (χ4v) is 11.0. The Morgan fingerprint density at radius 2 is 1.71 bits per heavy atom. The van der Waals surface area contributed by atoms with Gasteiger partial charge in [-0.25, -0.2) is 4.90 Å². The number of allylic oxidation sites excluding steroid dienone is 2. The Hall–Kier alpha value is -6.07. The number of aromatic hydroxyl groups is 1. The van der Waals surface area contributed by atoms with Crippen molar-refractivity contribution in [2.45, 2.75) is 39.0 Å². The van der Waals surface area contributed by atoms with Crippen molar-refractivity contribution in [1.82, 2.24) is 9.78 Å². The number of ether oxygens (including phenoxy) is 1. The number of phenolic OH excluding ortho intramolecular Hbond substituents is 1. The summed E-state index contributed by atoms with van der Waals surface area (Å²) in [7, 11) is 1.58. The second kappa shape index (κ2) is 13.2. The molecular formula is C41H31ClF3N5O8S. The molecular weight excluding hydrogens is 815 g/mol. The lowest BCUT2D eigenvalue weighted by atomic mass is 9.51. The number of nitro groups is 1. The van der Waals surface area contributed by atoms with Crippen LogP contribution in [-0.4, -0.2) is 49.8 Å². The van der Waals surface area contributed by atoms with Gasteiger partial charge in [0.05, 0.1) is 38.7 Å². The van der Waals surface area contributed by atoms with Gasteiger partial charge in [0.1, 0.15) is 23.0 Å². The molecule has 18 heteroatoms. The summed E-state index contributed by atoms with van der Waals surface area (Å²) in [4.78, 5) is 71.8. The number of carbonyl (C=O) groups excluding carboxylic acids is 4. The number of nitrogens with zero attached hydrogens (tertiary/aromatic N) is 5. The van der Waals surface area contributed by atoms with Crippen LogP contribution in [0.15, 0.2) is 78.4 Å². The van der Waals surface area contributed by atoms with E-state index in [1.165, 1.54) is 47.2 Å². The van der Waals surface area contributed by atoms with Crippen LogP contribution >= 0.6 is 22.9 Å². The molecule has 3 aromatic carbocycles. The Labute approximate surface area is 341 Å². The Bertz CT molecular complexity index is 2730. The molecule has 0 radical (unpaired) electrons. The highest BCUT2D eigenvalue weighted by Crippen LogP contribution is 2.65. The highest BCUT2D eigenvalue weighted by Gasteiger charge is 2.68. The van der Waals surface area contributed by atoms with E-state index < -0.39 is 81.4 Å². The fraction of sp³-hybridized carbons (Fsp3) is 0.293. The van der Waals surface area contributed by atoms with Crippen molar-refractivity contribution in [3.8, 4) is 22.1 Å². The molecule has 0 unspecified atom stereocenters. The highest BCUT2D eigenvalue weighted by atomic mass is 35.5. The zero-order chi connectivity index (χ0) is 42.0. The van der Waals surface area contributed by atoms with Crippen LogP contribution in [0.3, 0.4) is 0 Å². The van der Waals surface area contributed by atoms with Gasteiger partial charge in [0.2, 0.25) is 23.6 Å². The number of hydrogen-bond acceptors (Lipinski definition) is 10. The van der Waals surface area contributed by atoms with Crippen molar-refractivity contribution in [1.29, 1.82) is 0 Å². The zero-order valence-corrected chi connectivity index (χ0v) is 32.8. The molecule has 302 valence electrons. The number of anilines is 2. The van der Waals surface area contributed by atoms with E-state index in [4.69, 9.17) is 11.6 Å². The van der Waals surface area contributed by atoms with Crippen LogP contribution in [0.1, 0.15) is 36.8 Å². The van der Waals surface area contributed by atoms with Gasteiger partial charge < -0.3 is 9.84 Å². The third kappa shape index (κ3) is 5.76. The minimum absolute atomic E-state index is 0.00201. The number of aromatic nitrogens is 2. The first-order valence-corrected chi connectivity index (χ1v) is 19.6. The summed E-state index contributed by atoms with van der Waals surface area (Å²) in [6, 6.07) is 14.9. The van der Waals surface area contributed by atoms with Crippen molar-refractivity contribution >= 4 is 73.8 Å². The molecule has 59 heavy (non-hydrogen) atoms. The van der Waals surface area contributed by atoms with E-state index in [1.807, 2.05) is 19.1 Å². The maximum absolute atomic E-state index is 15.1. The zero-order valence-electron chi connectivity index (χ0n) is 31.2. The van der Waals surface area contributed by atoms with E-state index in [2.05, 4.69) is 9.84 Å². The number of non-ortho nitro benzene ring substituents is 1. The van der Waals surface area contributed by atoms with Gasteiger partial charge in [-0.1, -0.05) is 23.3 Å². The number of benzene rings is 3. The molecule has 9 rings (SSSR count). The smallest absolute Gasteiger partial charge is 0.508 e. The lowest BCUT2D eigenvalue weighted by Gasteiger charge is -2.49. The average Bonchev–Trinajstić information content (AvgIpc) is 3.85. The number of rotatable bonds is 6. The van der Waals surface area contributed by atoms with Crippen molar-refractivity contribution < 1.29 is 47.1 Å². The maximum atomic E-state index is 15.1. The first-order valence-electron chi connectivity index (χ1n) is 18.4. The van der Waals surface area contributed by atoms with Gasteiger partial charge in [-0.3, -0.25) is 38.9 Å². The van der Waals surface area contributed by atoms with Gasteiger partial charge in [0.25, 0.3) is 5.69 Å². The van der Waals surface area contributed by atoms with Gasteiger partial charge >= 0.3 is 6.36 Å². The number of phenols is 1. The first kappa shape index (κ1) is 38.4. The predicted octanol–water partition coefficient (Wildman–Crippen LogP) is 8.21. The van der Waals surface area contributed by atoms with Gasteiger partial charge in [-0.15, -0.1) is 24.5 Å². The van der Waals surface area contributed by atoms with E-state index in [1.54, 1.807) is 25.3 Å². The normalized spacial score (nSPS) is 25.3. The SMILES string of the molecule is Cc1c(-c2cc(N3C(=O)[C@@H]4C[C@@H]5C(=CC[C@@H]6C(=O)N(c7ccc([N+](=O)[O-])cc7)C(=O)[C@@H]65)[C@H](c5cc(OC(F)(F)F)ccc5O)[C@]4(C)C3=O)n(C)n2)sc2ccc(Cl)cc12. The summed E-state index contributed by atoms with van der Waals surface area (Å²) in [5, 5.41) is 28.8. The molecule has 3 fully saturated rings. The molecule has 2 aliphatic heterocycles. The number of fused-ring (bicyclic) bond motifs is 5. The van der Waals surface area contributed by atoms with E-state index in [9.17, 15) is 42.8 Å². The molecule has 1 N–H and O–H groups in total. The van der Waals surface area contributed by atoms with Gasteiger partial charge in [-0.2, -0.15) is 5.10 Å². The molecule has 13 nitrogen and oxygen atoms in total. The third-order valence-corrected chi connectivity index (χ3v) is 13.9. The number of thiophene rings is 1. The molecule has 1 saturated carbocycles. The summed E-state index contributed by atoms with van der Waals surface area (Å²) in [6.45, 7) is 3.44. The number of hydrogen-bond donors (Lipinski definition) is 1. The van der Waals surface area contributed by atoms with Crippen LogP contribution in [0.4, 0.5) is 30.4 Å². The highest BCUT2D eigenvalue weighted by molar-refractivity contribution is 7.22. The molecule has 2 saturated heterocycles. The maximum Gasteiger partial charge on any atom is 0.573 e. The largest absolute Gasteiger partial charge is 0.573 e. The van der Waals surface area contributed by atoms with Crippen LogP contribution in [0.2, 0.25) is 5.02 Å². The summed E-state index contributed by atoms with van der Waals surface area (Å²) in [5.41, 5.74) is -0.231.